The summed E-state index contributed by atoms with van der Waals surface area (Å²) < 4.78 is 5.27. The Morgan fingerprint density at radius 1 is 1.47 bits per heavy atom. The summed E-state index contributed by atoms with van der Waals surface area (Å²) in [7, 11) is 0. The highest BCUT2D eigenvalue weighted by Gasteiger charge is 2.21. The molecule has 1 N–H and O–H groups in total. The van der Waals surface area contributed by atoms with Gasteiger partial charge in [0.05, 0.1) is 11.2 Å². The molecule has 0 aliphatic heterocycles. The summed E-state index contributed by atoms with van der Waals surface area (Å²) >= 11 is 0. The summed E-state index contributed by atoms with van der Waals surface area (Å²) in [5, 5.41) is 19.9. The monoisotopic (exact) mass is 261 g/mol. The number of nitrogens with zero attached hydrogens (tertiary/aromatic N) is 1. The fourth-order valence-electron chi connectivity index (χ4n) is 1.86. The second kappa shape index (κ2) is 4.93. The first kappa shape index (κ1) is 12.8. The van der Waals surface area contributed by atoms with Crippen molar-refractivity contribution in [2.45, 2.75) is 13.3 Å². The first-order valence-corrected chi connectivity index (χ1v) is 5.63. The molecule has 1 heterocycles. The quantitative estimate of drug-likeness (QED) is 0.674. The number of furan rings is 1. The summed E-state index contributed by atoms with van der Waals surface area (Å²) in [6.45, 7) is 1.81. The maximum Gasteiger partial charge on any atom is 0.339 e. The minimum Gasteiger partial charge on any atom is -0.478 e. The minimum atomic E-state index is -1.10. The molecular weight excluding hydrogens is 250 g/mol. The van der Waals surface area contributed by atoms with E-state index in [4.69, 9.17) is 4.42 Å². The van der Waals surface area contributed by atoms with Crippen LogP contribution in [0.2, 0.25) is 0 Å². The molecule has 6 nitrogen and oxygen atoms in total. The zero-order chi connectivity index (χ0) is 14.0. The average molecular weight is 261 g/mol. The van der Waals surface area contributed by atoms with E-state index in [9.17, 15) is 20.0 Å². The van der Waals surface area contributed by atoms with Crippen molar-refractivity contribution < 1.29 is 19.2 Å². The fraction of sp³-hybridized carbons (Fsp3) is 0.154. The third-order valence-electron chi connectivity index (χ3n) is 2.78. The molecule has 0 saturated carbocycles. The molecule has 0 bridgehead atoms. The van der Waals surface area contributed by atoms with Crippen molar-refractivity contribution in [3.63, 3.8) is 0 Å². The highest BCUT2D eigenvalue weighted by molar-refractivity contribution is 5.96. The summed E-state index contributed by atoms with van der Waals surface area (Å²) in [4.78, 5) is 21.4. The van der Waals surface area contributed by atoms with E-state index in [1.54, 1.807) is 6.07 Å². The molecule has 1 aromatic heterocycles. The summed E-state index contributed by atoms with van der Waals surface area (Å²) in [5.41, 5.74) is 0.895. The van der Waals surface area contributed by atoms with Crippen molar-refractivity contribution in [1.29, 1.82) is 0 Å². The van der Waals surface area contributed by atoms with Crippen LogP contribution in [0.15, 0.2) is 34.9 Å². The number of nitro groups is 1. The molecule has 0 aliphatic rings. The van der Waals surface area contributed by atoms with Crippen molar-refractivity contribution in [3.8, 4) is 11.3 Å². The lowest BCUT2D eigenvalue weighted by Crippen LogP contribution is -2.00. The number of aromatic carboxylic acids is 1. The van der Waals surface area contributed by atoms with Gasteiger partial charge in [0, 0.05) is 23.3 Å². The zero-order valence-corrected chi connectivity index (χ0v) is 10.1. The van der Waals surface area contributed by atoms with Crippen molar-refractivity contribution >= 4 is 11.7 Å². The first-order valence-electron chi connectivity index (χ1n) is 5.63. The van der Waals surface area contributed by atoms with Crippen molar-refractivity contribution in [2.24, 2.45) is 0 Å². The van der Waals surface area contributed by atoms with Crippen LogP contribution in [-0.2, 0) is 6.42 Å². The molecule has 2 rings (SSSR count). The highest BCUT2D eigenvalue weighted by Crippen LogP contribution is 2.30. The Kier molecular flexibility index (Phi) is 3.33. The number of hydrogen-bond donors (Lipinski definition) is 1. The predicted molar refractivity (Wildman–Crippen MR) is 67.1 cm³/mol. The van der Waals surface area contributed by atoms with E-state index in [1.165, 1.54) is 24.5 Å². The van der Waals surface area contributed by atoms with Gasteiger partial charge in [-0.2, -0.15) is 0 Å². The largest absolute Gasteiger partial charge is 0.478 e. The van der Waals surface area contributed by atoms with Gasteiger partial charge in [0.2, 0.25) is 0 Å². The number of carboxylic acid groups (broad SMARTS) is 1. The molecule has 0 spiro atoms. The number of nitro benzene ring substituents is 1. The minimum absolute atomic E-state index is 0.0583. The van der Waals surface area contributed by atoms with Crippen LogP contribution in [0.5, 0.6) is 0 Å². The van der Waals surface area contributed by atoms with E-state index in [1.807, 2.05) is 6.92 Å². The van der Waals surface area contributed by atoms with Gasteiger partial charge < -0.3 is 9.52 Å². The number of hydrogen-bond acceptors (Lipinski definition) is 4. The number of aryl methyl sites for hydroxylation is 1. The van der Waals surface area contributed by atoms with E-state index in [0.717, 1.165) is 0 Å². The van der Waals surface area contributed by atoms with Crippen LogP contribution in [0.3, 0.4) is 0 Å². The normalized spacial score (nSPS) is 10.4. The van der Waals surface area contributed by atoms with Gasteiger partial charge in [-0.05, 0) is 6.42 Å². The van der Waals surface area contributed by atoms with Gasteiger partial charge in [0.1, 0.15) is 11.3 Å². The molecule has 0 atom stereocenters. The predicted octanol–water partition coefficient (Wildman–Crippen LogP) is 3.12. The standard InChI is InChI=1S/C13H11NO5/c1-2-8-7-19-12(11(8)13(15)16)9-4-3-5-10(6-9)14(17)18/h3-7H,2H2,1H3,(H,15,16). The van der Waals surface area contributed by atoms with Gasteiger partial charge in [-0.1, -0.05) is 19.1 Å². The zero-order valence-electron chi connectivity index (χ0n) is 10.1. The number of rotatable bonds is 4. The molecular formula is C13H11NO5. The van der Waals surface area contributed by atoms with Crippen LogP contribution in [0, 0.1) is 10.1 Å². The molecule has 98 valence electrons. The van der Waals surface area contributed by atoms with E-state index in [0.29, 0.717) is 17.5 Å². The Hall–Kier alpha value is -2.63. The van der Waals surface area contributed by atoms with Gasteiger partial charge in [-0.25, -0.2) is 4.79 Å². The van der Waals surface area contributed by atoms with Crippen molar-refractivity contribution in [3.05, 3.63) is 51.8 Å². The highest BCUT2D eigenvalue weighted by atomic mass is 16.6. The van der Waals surface area contributed by atoms with Crippen LogP contribution < -0.4 is 0 Å². The third kappa shape index (κ3) is 2.33. The van der Waals surface area contributed by atoms with E-state index in [-0.39, 0.29) is 17.0 Å². The molecule has 0 amide bonds. The second-order valence-electron chi connectivity index (χ2n) is 3.93. The smallest absolute Gasteiger partial charge is 0.339 e. The lowest BCUT2D eigenvalue weighted by atomic mass is 10.0. The SMILES string of the molecule is CCc1coc(-c2cccc([N+](=O)[O-])c2)c1C(=O)O. The molecule has 0 radical (unpaired) electrons. The van der Waals surface area contributed by atoms with E-state index in [2.05, 4.69) is 0 Å². The Bertz CT molecular complexity index is 644. The average Bonchev–Trinajstić information content (AvgIpc) is 2.82. The van der Waals surface area contributed by atoms with Gasteiger partial charge in [-0.15, -0.1) is 0 Å². The van der Waals surface area contributed by atoms with Crippen LogP contribution >= 0.6 is 0 Å². The van der Waals surface area contributed by atoms with Crippen LogP contribution in [0.1, 0.15) is 22.8 Å². The maximum atomic E-state index is 11.3. The van der Waals surface area contributed by atoms with Crippen molar-refractivity contribution in [2.75, 3.05) is 0 Å². The number of benzene rings is 1. The van der Waals surface area contributed by atoms with Crippen LogP contribution in [0.25, 0.3) is 11.3 Å². The Morgan fingerprint density at radius 2 is 2.21 bits per heavy atom. The topological polar surface area (TPSA) is 93.6 Å². The Balaban J connectivity index is 2.59. The molecule has 0 aliphatic carbocycles. The molecule has 1 aromatic carbocycles. The van der Waals surface area contributed by atoms with E-state index >= 15 is 0 Å². The van der Waals surface area contributed by atoms with Crippen LogP contribution in [-0.4, -0.2) is 16.0 Å². The van der Waals surface area contributed by atoms with Gasteiger partial charge >= 0.3 is 5.97 Å². The van der Waals surface area contributed by atoms with Crippen LogP contribution in [0.4, 0.5) is 5.69 Å². The molecule has 19 heavy (non-hydrogen) atoms. The Labute approximate surface area is 108 Å². The fourth-order valence-corrected chi connectivity index (χ4v) is 1.86. The Morgan fingerprint density at radius 3 is 2.79 bits per heavy atom. The number of carbonyl (C=O) groups is 1. The van der Waals surface area contributed by atoms with Gasteiger partial charge in [-0.3, -0.25) is 10.1 Å². The van der Waals surface area contributed by atoms with E-state index < -0.39 is 10.9 Å². The number of carboxylic acids is 1. The van der Waals surface area contributed by atoms with Gasteiger partial charge in [0.15, 0.2) is 0 Å². The summed E-state index contributed by atoms with van der Waals surface area (Å²) in [6, 6.07) is 5.71. The summed E-state index contributed by atoms with van der Waals surface area (Å²) in [6.07, 6.45) is 1.89. The first-order chi connectivity index (χ1) is 9.04. The van der Waals surface area contributed by atoms with Gasteiger partial charge in [0.25, 0.3) is 5.69 Å². The summed E-state index contributed by atoms with van der Waals surface area (Å²) in [5.74, 6) is -0.958. The molecule has 2 aromatic rings. The third-order valence-corrected chi connectivity index (χ3v) is 2.78. The maximum absolute atomic E-state index is 11.3. The lowest BCUT2D eigenvalue weighted by Gasteiger charge is -2.00. The molecule has 0 fully saturated rings. The molecule has 0 unspecified atom stereocenters. The lowest BCUT2D eigenvalue weighted by molar-refractivity contribution is -0.384. The molecule has 6 heteroatoms. The second-order valence-corrected chi connectivity index (χ2v) is 3.93. The number of non-ortho nitro benzene ring substituents is 1. The molecule has 0 saturated heterocycles. The van der Waals surface area contributed by atoms with Crippen molar-refractivity contribution in [1.82, 2.24) is 0 Å².